The van der Waals surface area contributed by atoms with Crippen molar-refractivity contribution in [3.05, 3.63) is 156 Å². The molecule has 3 N–H and O–H groups in total. The van der Waals surface area contributed by atoms with Crippen LogP contribution >= 0.6 is 0 Å². The number of imidazole rings is 1. The number of aromatic nitrogens is 4. The molecular formula is C38H29N5O8. The van der Waals surface area contributed by atoms with Crippen molar-refractivity contribution in [3.63, 3.8) is 0 Å². The molecule has 1 aliphatic rings. The number of aliphatic hydroxyl groups is 3. The zero-order chi connectivity index (χ0) is 35.8. The predicted octanol–water partition coefficient (Wildman–Crippen LogP) is 3.43. The van der Waals surface area contributed by atoms with Gasteiger partial charge in [0.15, 0.2) is 28.8 Å². The van der Waals surface area contributed by atoms with E-state index in [0.717, 1.165) is 22.1 Å². The van der Waals surface area contributed by atoms with Gasteiger partial charge in [0.25, 0.3) is 11.8 Å². The van der Waals surface area contributed by atoms with Crippen molar-refractivity contribution in [1.82, 2.24) is 19.5 Å². The first kappa shape index (κ1) is 33.3. The summed E-state index contributed by atoms with van der Waals surface area (Å²) in [6.45, 7) is -0.978. The van der Waals surface area contributed by atoms with Crippen LogP contribution in [0.4, 0.5) is 5.82 Å². The zero-order valence-electron chi connectivity index (χ0n) is 26.7. The minimum atomic E-state index is -3.09. The van der Waals surface area contributed by atoms with Crippen molar-refractivity contribution in [2.24, 2.45) is 0 Å². The van der Waals surface area contributed by atoms with Gasteiger partial charge in [0.2, 0.25) is 17.2 Å². The van der Waals surface area contributed by atoms with Crippen LogP contribution in [0.1, 0.15) is 47.7 Å². The fourth-order valence-corrected chi connectivity index (χ4v) is 6.33. The van der Waals surface area contributed by atoms with Gasteiger partial charge in [-0.05, 0) is 24.3 Å². The maximum atomic E-state index is 14.4. The average Bonchev–Trinajstić information content (AvgIpc) is 3.72. The average molecular weight is 684 g/mol. The summed E-state index contributed by atoms with van der Waals surface area (Å²) in [4.78, 5) is 70.3. The number of ether oxygens (including phenoxy) is 1. The Morgan fingerprint density at radius 3 is 1.57 bits per heavy atom. The number of anilines is 1. The normalized spacial score (nSPS) is 21.3. The molecule has 13 nitrogen and oxygen atoms in total. The minimum absolute atomic E-state index is 0.0587. The molecule has 0 saturated carbocycles. The Morgan fingerprint density at radius 1 is 0.647 bits per heavy atom. The molecule has 4 atom stereocenters. The number of rotatable bonds is 9. The van der Waals surface area contributed by atoms with Gasteiger partial charge in [-0.2, -0.15) is 0 Å². The molecule has 4 aromatic carbocycles. The number of hydrogen-bond donors (Lipinski definition) is 3. The Labute approximate surface area is 290 Å². The molecule has 254 valence electrons. The predicted molar refractivity (Wildman–Crippen MR) is 182 cm³/mol. The van der Waals surface area contributed by atoms with E-state index >= 15 is 0 Å². The largest absolute Gasteiger partial charge is 0.394 e. The van der Waals surface area contributed by atoms with Crippen LogP contribution in [0.25, 0.3) is 11.2 Å². The molecule has 3 heterocycles. The smallest absolute Gasteiger partial charge is 0.266 e. The van der Waals surface area contributed by atoms with E-state index in [4.69, 9.17) is 4.74 Å². The van der Waals surface area contributed by atoms with Crippen LogP contribution in [0.5, 0.6) is 0 Å². The molecule has 0 aliphatic carbocycles. The molecule has 2 aromatic heterocycles. The highest BCUT2D eigenvalue weighted by atomic mass is 16.6. The second kappa shape index (κ2) is 13.2. The van der Waals surface area contributed by atoms with E-state index in [1.165, 1.54) is 72.8 Å². The molecule has 6 aromatic rings. The fourth-order valence-electron chi connectivity index (χ4n) is 6.33. The van der Waals surface area contributed by atoms with Crippen molar-refractivity contribution in [2.75, 3.05) is 11.5 Å². The Kier molecular flexibility index (Phi) is 8.62. The summed E-state index contributed by atoms with van der Waals surface area (Å²) in [6, 6.07) is 31.1. The number of hydrogen-bond acceptors (Lipinski definition) is 11. The lowest BCUT2D eigenvalue weighted by Gasteiger charge is -2.38. The van der Waals surface area contributed by atoms with E-state index in [0.29, 0.717) is 0 Å². The topological polar surface area (TPSA) is 185 Å². The number of nitrogens with zero attached hydrogens (tertiary/aromatic N) is 5. The Morgan fingerprint density at radius 2 is 1.10 bits per heavy atom. The van der Waals surface area contributed by atoms with Crippen molar-refractivity contribution < 1.29 is 39.2 Å². The highest BCUT2D eigenvalue weighted by Crippen LogP contribution is 2.50. The standard InChI is InChI=1S/C38H29N5O8/c44-21-28-37(49,30(45)24-13-5-1-6-14-24)38(50,31(46)25-15-7-2-8-16-25)36(51-28)42-23-41-29-32(42)39-22-40-33(29)43(34(47)26-17-9-3-10-18-26)35(48)27-19-11-4-12-20-27/h1-20,22-23,28,36,44,49-50H,21H2/t28-,36-,37+,38+/m1/s1. The third-order valence-electron chi connectivity index (χ3n) is 8.88. The summed E-state index contributed by atoms with van der Waals surface area (Å²) < 4.78 is 7.13. The summed E-state index contributed by atoms with van der Waals surface area (Å²) in [6.07, 6.45) is -1.57. The molecule has 51 heavy (non-hydrogen) atoms. The lowest BCUT2D eigenvalue weighted by molar-refractivity contribution is -0.104. The number of Topliss-reactive ketones (excluding diaryl/α,β-unsaturated/α-hetero) is 2. The second-order valence-electron chi connectivity index (χ2n) is 11.8. The second-order valence-corrected chi connectivity index (χ2v) is 11.8. The fraction of sp³-hybridized carbons (Fsp3) is 0.132. The van der Waals surface area contributed by atoms with Gasteiger partial charge < -0.3 is 20.1 Å². The van der Waals surface area contributed by atoms with Crippen LogP contribution in [0, 0.1) is 0 Å². The molecule has 0 radical (unpaired) electrons. The Balaban J connectivity index is 1.42. The first-order valence-electron chi connectivity index (χ1n) is 15.8. The van der Waals surface area contributed by atoms with Gasteiger partial charge in [-0.15, -0.1) is 0 Å². The molecule has 0 bridgehead atoms. The summed E-state index contributed by atoms with van der Waals surface area (Å²) in [5, 5.41) is 35.5. The Bertz CT molecular complexity index is 2200. The summed E-state index contributed by atoms with van der Waals surface area (Å²) in [7, 11) is 0. The van der Waals surface area contributed by atoms with Crippen molar-refractivity contribution in [1.29, 1.82) is 0 Å². The van der Waals surface area contributed by atoms with Crippen molar-refractivity contribution in [2.45, 2.75) is 23.5 Å². The van der Waals surface area contributed by atoms with Crippen molar-refractivity contribution >= 4 is 40.4 Å². The van der Waals surface area contributed by atoms with E-state index in [1.54, 1.807) is 48.5 Å². The third kappa shape index (κ3) is 5.32. The first-order valence-corrected chi connectivity index (χ1v) is 15.8. The van der Waals surface area contributed by atoms with Crippen LogP contribution in [0.3, 0.4) is 0 Å². The number of imide groups is 1. The molecule has 0 unspecified atom stereocenters. The van der Waals surface area contributed by atoms with Gasteiger partial charge in [-0.1, -0.05) is 97.1 Å². The molecule has 0 spiro atoms. The Hall–Kier alpha value is -6.25. The van der Waals surface area contributed by atoms with Crippen LogP contribution in [0.15, 0.2) is 134 Å². The van der Waals surface area contributed by atoms with Crippen LogP contribution in [-0.4, -0.2) is 82.1 Å². The first-order chi connectivity index (χ1) is 24.7. The molecule has 7 rings (SSSR count). The third-order valence-corrected chi connectivity index (χ3v) is 8.88. The zero-order valence-corrected chi connectivity index (χ0v) is 26.7. The highest BCUT2D eigenvalue weighted by Gasteiger charge is 2.74. The summed E-state index contributed by atoms with van der Waals surface area (Å²) in [5.74, 6) is -3.85. The van der Waals surface area contributed by atoms with Gasteiger partial charge >= 0.3 is 0 Å². The minimum Gasteiger partial charge on any atom is -0.394 e. The van der Waals surface area contributed by atoms with Gasteiger partial charge in [0, 0.05) is 22.3 Å². The van der Waals surface area contributed by atoms with Crippen LogP contribution < -0.4 is 4.90 Å². The van der Waals surface area contributed by atoms with E-state index in [9.17, 15) is 34.5 Å². The van der Waals surface area contributed by atoms with Crippen LogP contribution in [-0.2, 0) is 4.74 Å². The van der Waals surface area contributed by atoms with Gasteiger partial charge in [0.05, 0.1) is 12.9 Å². The maximum absolute atomic E-state index is 14.4. The number of ketones is 2. The van der Waals surface area contributed by atoms with Gasteiger partial charge in [-0.25, -0.2) is 19.9 Å². The van der Waals surface area contributed by atoms with E-state index in [1.807, 2.05) is 0 Å². The van der Waals surface area contributed by atoms with Crippen LogP contribution in [0.2, 0.25) is 0 Å². The molecule has 13 heteroatoms. The van der Waals surface area contributed by atoms with E-state index in [2.05, 4.69) is 15.0 Å². The SMILES string of the molecule is O=C(c1ccccc1)N(C(=O)c1ccccc1)c1ncnc2c1ncn2[C@@H]1O[C@H](CO)[C@](O)(C(=O)c2ccccc2)[C@]1(O)C(=O)c1ccccc1. The maximum Gasteiger partial charge on any atom is 0.266 e. The summed E-state index contributed by atoms with van der Waals surface area (Å²) in [5.41, 5.74) is -6.16. The monoisotopic (exact) mass is 683 g/mol. The highest BCUT2D eigenvalue weighted by molar-refractivity contribution is 6.27. The quantitative estimate of drug-likeness (QED) is 0.150. The molecule has 1 saturated heterocycles. The van der Waals surface area contributed by atoms with Gasteiger partial charge in [0.1, 0.15) is 12.4 Å². The molecule has 2 amide bonds. The number of amides is 2. The number of aliphatic hydroxyl groups excluding tert-OH is 1. The van der Waals surface area contributed by atoms with E-state index in [-0.39, 0.29) is 39.2 Å². The number of fused-ring (bicyclic) bond motifs is 1. The van der Waals surface area contributed by atoms with E-state index < -0.39 is 53.5 Å². The number of benzene rings is 4. The summed E-state index contributed by atoms with van der Waals surface area (Å²) >= 11 is 0. The van der Waals surface area contributed by atoms with Gasteiger partial charge in [-0.3, -0.25) is 23.7 Å². The number of carbonyl (C=O) groups is 4. The lowest BCUT2D eigenvalue weighted by atomic mass is 9.71. The molecular weight excluding hydrogens is 654 g/mol. The number of carbonyl (C=O) groups excluding carboxylic acids is 4. The molecule has 1 fully saturated rings. The van der Waals surface area contributed by atoms with Crippen molar-refractivity contribution in [3.8, 4) is 0 Å². The molecule has 1 aliphatic heterocycles. The lowest BCUT2D eigenvalue weighted by Crippen LogP contribution is -2.67.